The van der Waals surface area contributed by atoms with Crippen LogP contribution in [0, 0.1) is 0 Å². The molecule has 3 rings (SSSR count). The van der Waals surface area contributed by atoms with Crippen LogP contribution < -0.4 is 5.32 Å². The number of hydrogen-bond donors (Lipinski definition) is 12. The monoisotopic (exact) mass is 1050 g/mol. The Balaban J connectivity index is 1.36. The number of ether oxygens (including phenoxy) is 6. The van der Waals surface area contributed by atoms with Gasteiger partial charge >= 0.3 is 0 Å². The molecule has 19 heteroatoms. The molecule has 0 aliphatic carbocycles. The Morgan fingerprint density at radius 3 is 1.45 bits per heavy atom. The van der Waals surface area contributed by atoms with E-state index in [2.05, 4.69) is 60.8 Å². The van der Waals surface area contributed by atoms with E-state index in [0.29, 0.717) is 19.3 Å². The van der Waals surface area contributed by atoms with Crippen molar-refractivity contribution in [1.29, 1.82) is 0 Å². The molecule has 3 fully saturated rings. The quantitative estimate of drug-likeness (QED) is 0.0312. The zero-order valence-corrected chi connectivity index (χ0v) is 43.6. The zero-order chi connectivity index (χ0) is 53.4. The van der Waals surface area contributed by atoms with Crippen LogP contribution in [-0.2, 0) is 33.2 Å². The number of rotatable bonds is 38. The van der Waals surface area contributed by atoms with Gasteiger partial charge in [-0.1, -0.05) is 146 Å². The first kappa shape index (κ1) is 65.0. The number of aliphatic hydroxyl groups is 11. The molecule has 0 spiro atoms. The number of hydrogen-bond acceptors (Lipinski definition) is 18. The third-order valence-electron chi connectivity index (χ3n) is 13.7. The number of carbonyl (C=O) groups excluding carboxylic acids is 1. The molecule has 3 aliphatic rings. The molecule has 0 aromatic heterocycles. The molecule has 17 atom stereocenters. The lowest BCUT2D eigenvalue weighted by atomic mass is 9.96. The number of allylic oxidation sites excluding steroid dienone is 8. The van der Waals surface area contributed by atoms with Gasteiger partial charge in [0.15, 0.2) is 18.9 Å². The fourth-order valence-corrected chi connectivity index (χ4v) is 9.13. The number of nitrogens with one attached hydrogen (secondary N) is 1. The van der Waals surface area contributed by atoms with Crippen molar-refractivity contribution >= 4 is 5.91 Å². The van der Waals surface area contributed by atoms with E-state index in [-0.39, 0.29) is 18.9 Å². The molecular formula is C54H95NO18. The number of carbonyl (C=O) groups is 1. The summed E-state index contributed by atoms with van der Waals surface area (Å²) in [4.78, 5) is 13.1. The van der Waals surface area contributed by atoms with Gasteiger partial charge in [0.05, 0.1) is 38.6 Å². The van der Waals surface area contributed by atoms with Crippen molar-refractivity contribution in [3.63, 3.8) is 0 Å². The minimum absolute atomic E-state index is 0.259. The van der Waals surface area contributed by atoms with Crippen molar-refractivity contribution in [2.24, 2.45) is 0 Å². The van der Waals surface area contributed by atoms with Crippen LogP contribution in [0.3, 0.4) is 0 Å². The summed E-state index contributed by atoms with van der Waals surface area (Å²) in [7, 11) is 0. The summed E-state index contributed by atoms with van der Waals surface area (Å²) >= 11 is 0. The van der Waals surface area contributed by atoms with E-state index >= 15 is 0 Å². The maximum absolute atomic E-state index is 13.1. The van der Waals surface area contributed by atoms with Crippen LogP contribution in [-0.4, -0.2) is 193 Å². The standard InChI is InChI=1S/C54H95NO18/c1-3-5-7-8-9-10-11-12-13-14-15-16-17-18-19-20-21-22-23-24-25-26-27-28-30-32-42(60)55-37(38(59)31-29-6-4-2)36-68-52-48(66)45(63)50(40(34-57)70-52)73-54-49(67)46(64)51(41(35-58)71-54)72-53-47(65)44(62)43(61)39(33-56)69-53/h5,7,9-10,12-13,15-16,37-41,43-54,56-59,61-67H,3-4,6,8,11,14,17-36H2,1-2H3,(H,55,60)/b7-5-,10-9-,13-12-,16-15-. The third-order valence-corrected chi connectivity index (χ3v) is 13.7. The highest BCUT2D eigenvalue weighted by atomic mass is 16.8. The summed E-state index contributed by atoms with van der Waals surface area (Å²) in [6.45, 7) is 1.46. The van der Waals surface area contributed by atoms with Gasteiger partial charge < -0.3 is 89.9 Å². The van der Waals surface area contributed by atoms with Gasteiger partial charge in [0.1, 0.15) is 73.2 Å². The maximum atomic E-state index is 13.1. The fourth-order valence-electron chi connectivity index (χ4n) is 9.13. The van der Waals surface area contributed by atoms with Crippen LogP contribution in [0.15, 0.2) is 48.6 Å². The SMILES string of the molecule is CC/C=C\C/C=C\C/C=C\C/C=C\CCCCCCCCCCCCCCC(=O)NC(COC1OC(CO)C(OC2OC(CO)C(OC3OC(CO)C(O)C(O)C3O)C(O)C2O)C(O)C1O)C(O)CCCCC. The first-order valence-electron chi connectivity index (χ1n) is 27.4. The summed E-state index contributed by atoms with van der Waals surface area (Å²) in [6.07, 6.45) is 13.4. The molecule has 1 amide bonds. The second kappa shape index (κ2) is 38.3. The topological polar surface area (TPSA) is 307 Å². The van der Waals surface area contributed by atoms with Crippen LogP contribution >= 0.6 is 0 Å². The average Bonchev–Trinajstić information content (AvgIpc) is 3.38. The van der Waals surface area contributed by atoms with E-state index < -0.39 is 124 Å². The van der Waals surface area contributed by atoms with E-state index in [1.165, 1.54) is 51.4 Å². The van der Waals surface area contributed by atoms with E-state index in [1.54, 1.807) is 0 Å². The smallest absolute Gasteiger partial charge is 0.220 e. The van der Waals surface area contributed by atoms with Crippen LogP contribution in [0.5, 0.6) is 0 Å². The first-order valence-corrected chi connectivity index (χ1v) is 27.4. The van der Waals surface area contributed by atoms with E-state index in [4.69, 9.17) is 28.4 Å². The van der Waals surface area contributed by atoms with E-state index in [9.17, 15) is 61.0 Å². The highest BCUT2D eigenvalue weighted by Crippen LogP contribution is 2.33. The molecule has 19 nitrogen and oxygen atoms in total. The highest BCUT2D eigenvalue weighted by Gasteiger charge is 2.53. The van der Waals surface area contributed by atoms with Gasteiger partial charge in [-0.3, -0.25) is 4.79 Å². The molecule has 12 N–H and O–H groups in total. The van der Waals surface area contributed by atoms with Gasteiger partial charge in [0, 0.05) is 6.42 Å². The molecule has 0 saturated carbocycles. The zero-order valence-electron chi connectivity index (χ0n) is 43.6. The van der Waals surface area contributed by atoms with Gasteiger partial charge in [-0.25, -0.2) is 0 Å². The molecule has 424 valence electrons. The molecule has 3 saturated heterocycles. The van der Waals surface area contributed by atoms with Gasteiger partial charge in [-0.05, 0) is 51.4 Å². The minimum atomic E-state index is -1.97. The number of amides is 1. The molecule has 0 aromatic carbocycles. The Bertz CT molecular complexity index is 1530. The van der Waals surface area contributed by atoms with Crippen LogP contribution in [0.25, 0.3) is 0 Å². The number of aliphatic hydroxyl groups excluding tert-OH is 11. The Morgan fingerprint density at radius 2 is 0.945 bits per heavy atom. The Morgan fingerprint density at radius 1 is 0.507 bits per heavy atom. The second-order valence-electron chi connectivity index (χ2n) is 19.7. The van der Waals surface area contributed by atoms with Crippen molar-refractivity contribution < 1.29 is 89.4 Å². The van der Waals surface area contributed by atoms with Crippen LogP contribution in [0.4, 0.5) is 0 Å². The molecule has 0 bridgehead atoms. The molecule has 0 radical (unpaired) electrons. The Kier molecular flexibility index (Phi) is 34.1. The molecule has 0 aromatic rings. The summed E-state index contributed by atoms with van der Waals surface area (Å²) in [5, 5.41) is 119. The van der Waals surface area contributed by atoms with Crippen molar-refractivity contribution in [2.75, 3.05) is 26.4 Å². The van der Waals surface area contributed by atoms with Gasteiger partial charge in [0.25, 0.3) is 0 Å². The summed E-state index contributed by atoms with van der Waals surface area (Å²) in [6, 6.07) is -0.884. The second-order valence-corrected chi connectivity index (χ2v) is 19.7. The largest absolute Gasteiger partial charge is 0.394 e. The molecular weight excluding hydrogens is 951 g/mol. The molecule has 3 heterocycles. The van der Waals surface area contributed by atoms with Crippen LogP contribution in [0.1, 0.15) is 155 Å². The average molecular weight is 1050 g/mol. The predicted molar refractivity (Wildman–Crippen MR) is 272 cm³/mol. The van der Waals surface area contributed by atoms with Gasteiger partial charge in [-0.2, -0.15) is 0 Å². The van der Waals surface area contributed by atoms with Crippen LogP contribution in [0.2, 0.25) is 0 Å². The first-order chi connectivity index (χ1) is 35.3. The molecule has 3 aliphatic heterocycles. The minimum Gasteiger partial charge on any atom is -0.394 e. The Labute approximate surface area is 433 Å². The van der Waals surface area contributed by atoms with Crippen molar-refractivity contribution in [2.45, 2.75) is 259 Å². The third kappa shape index (κ3) is 23.5. The lowest BCUT2D eigenvalue weighted by Gasteiger charge is -2.48. The van der Waals surface area contributed by atoms with Crippen molar-refractivity contribution in [1.82, 2.24) is 5.32 Å². The van der Waals surface area contributed by atoms with Crippen molar-refractivity contribution in [3.8, 4) is 0 Å². The maximum Gasteiger partial charge on any atom is 0.220 e. The van der Waals surface area contributed by atoms with E-state index in [0.717, 1.165) is 64.2 Å². The van der Waals surface area contributed by atoms with Gasteiger partial charge in [-0.15, -0.1) is 0 Å². The summed E-state index contributed by atoms with van der Waals surface area (Å²) in [5.74, 6) is -0.260. The molecule has 73 heavy (non-hydrogen) atoms. The predicted octanol–water partition coefficient (Wildman–Crippen LogP) is 3.14. The highest BCUT2D eigenvalue weighted by molar-refractivity contribution is 5.76. The number of unbranched alkanes of at least 4 members (excludes halogenated alkanes) is 14. The van der Waals surface area contributed by atoms with E-state index in [1.807, 2.05) is 6.92 Å². The normalized spacial score (nSPS) is 32.1. The van der Waals surface area contributed by atoms with Crippen molar-refractivity contribution in [3.05, 3.63) is 48.6 Å². The molecule has 17 unspecified atom stereocenters. The van der Waals surface area contributed by atoms with Gasteiger partial charge in [0.2, 0.25) is 5.91 Å². The summed E-state index contributed by atoms with van der Waals surface area (Å²) < 4.78 is 34.0. The lowest BCUT2D eigenvalue weighted by Crippen LogP contribution is -2.66. The summed E-state index contributed by atoms with van der Waals surface area (Å²) in [5.41, 5.74) is 0. The Hall–Kier alpha value is -2.25. The lowest BCUT2D eigenvalue weighted by molar-refractivity contribution is -0.379. The fraction of sp³-hybridized carbons (Fsp3) is 0.833.